The Hall–Kier alpha value is -0.860. The second-order valence-corrected chi connectivity index (χ2v) is 2.33. The van der Waals surface area contributed by atoms with E-state index in [0.717, 1.165) is 13.8 Å². The third-order valence-corrected chi connectivity index (χ3v) is 0.767. The van der Waals surface area contributed by atoms with Crippen molar-refractivity contribution in [3.05, 3.63) is 0 Å². The molecular weight excluding hydrogens is 295 g/mol. The van der Waals surface area contributed by atoms with Gasteiger partial charge in [0.05, 0.1) is 4.43 Å². The summed E-state index contributed by atoms with van der Waals surface area (Å²) in [6.07, 6.45) is 0. The first kappa shape index (κ1) is 18.0. The van der Waals surface area contributed by atoms with Gasteiger partial charge < -0.3 is 15.3 Å². The summed E-state index contributed by atoms with van der Waals surface area (Å²) in [5, 5.41) is 22.5. The van der Waals surface area contributed by atoms with E-state index in [9.17, 15) is 4.79 Å². The summed E-state index contributed by atoms with van der Waals surface area (Å²) in [7, 11) is 0. The van der Waals surface area contributed by atoms with Gasteiger partial charge >= 0.3 is 5.97 Å². The molecular formula is C6H11IO6. The van der Waals surface area contributed by atoms with E-state index >= 15 is 0 Å². The molecule has 0 bridgehead atoms. The van der Waals surface area contributed by atoms with Gasteiger partial charge in [-0.3, -0.25) is 14.4 Å². The van der Waals surface area contributed by atoms with E-state index in [1.165, 1.54) is 0 Å². The van der Waals surface area contributed by atoms with Gasteiger partial charge in [0.25, 0.3) is 11.9 Å². The zero-order valence-corrected chi connectivity index (χ0v) is 9.31. The van der Waals surface area contributed by atoms with Crippen LogP contribution in [0.3, 0.4) is 0 Å². The van der Waals surface area contributed by atoms with E-state index in [0.29, 0.717) is 0 Å². The summed E-state index contributed by atoms with van der Waals surface area (Å²) in [6, 6.07) is 0. The first-order valence-electron chi connectivity index (χ1n) is 2.90. The third kappa shape index (κ3) is 716. The number of carboxylic acids is 3. The molecule has 0 amide bonds. The summed E-state index contributed by atoms with van der Waals surface area (Å²) in [5.41, 5.74) is 0. The van der Waals surface area contributed by atoms with Gasteiger partial charge in [0, 0.05) is 13.8 Å². The molecule has 0 spiro atoms. The number of carboxylic acid groups (broad SMARTS) is 3. The standard InChI is InChI=1S/C2H3IO2.2C2H4O2/c3-1-2(4)5;2*1-2(3)4/h1H2,(H,4,5);2*1H3,(H,3,4). The van der Waals surface area contributed by atoms with Gasteiger partial charge in [-0.2, -0.15) is 0 Å². The number of alkyl halides is 1. The molecule has 0 rings (SSSR count). The molecule has 0 aromatic heterocycles. The second-order valence-electron chi connectivity index (χ2n) is 1.57. The molecule has 0 atom stereocenters. The monoisotopic (exact) mass is 306 g/mol. The largest absolute Gasteiger partial charge is 0.481 e. The van der Waals surface area contributed by atoms with Crippen LogP contribution in [0.4, 0.5) is 0 Å². The van der Waals surface area contributed by atoms with Crippen LogP contribution in [0, 0.1) is 0 Å². The lowest BCUT2D eigenvalue weighted by atomic mass is 10.9. The van der Waals surface area contributed by atoms with Crippen LogP contribution in [0.2, 0.25) is 0 Å². The Kier molecular flexibility index (Phi) is 19.0. The average molecular weight is 306 g/mol. The van der Waals surface area contributed by atoms with Crippen molar-refractivity contribution in [2.24, 2.45) is 0 Å². The fraction of sp³-hybridized carbons (Fsp3) is 0.500. The van der Waals surface area contributed by atoms with E-state index in [2.05, 4.69) is 0 Å². The van der Waals surface area contributed by atoms with Gasteiger partial charge in [0.15, 0.2) is 0 Å². The molecule has 0 saturated heterocycles. The zero-order chi connectivity index (χ0) is 11.4. The van der Waals surface area contributed by atoms with Gasteiger partial charge in [0.2, 0.25) is 0 Å². The lowest BCUT2D eigenvalue weighted by molar-refractivity contribution is -0.135. The maximum atomic E-state index is 9.36. The molecule has 0 aromatic carbocycles. The van der Waals surface area contributed by atoms with Crippen LogP contribution in [0.1, 0.15) is 13.8 Å². The molecule has 0 fully saturated rings. The van der Waals surface area contributed by atoms with Crippen LogP contribution < -0.4 is 0 Å². The van der Waals surface area contributed by atoms with Crippen molar-refractivity contribution in [1.82, 2.24) is 0 Å². The Balaban J connectivity index is -0.000000117. The quantitative estimate of drug-likeness (QED) is 0.485. The van der Waals surface area contributed by atoms with Crippen LogP contribution >= 0.6 is 22.6 Å². The van der Waals surface area contributed by atoms with Crippen LogP contribution in [0.5, 0.6) is 0 Å². The summed E-state index contributed by atoms with van der Waals surface area (Å²) in [6.45, 7) is 2.17. The molecule has 0 aliphatic carbocycles. The molecule has 3 N–H and O–H groups in total. The number of aliphatic carboxylic acids is 3. The molecule has 0 aliphatic heterocycles. The summed E-state index contributed by atoms with van der Waals surface area (Å²) < 4.78 is 0.192. The highest BCUT2D eigenvalue weighted by Crippen LogP contribution is 1.75. The van der Waals surface area contributed by atoms with Crippen molar-refractivity contribution < 1.29 is 29.7 Å². The van der Waals surface area contributed by atoms with Crippen molar-refractivity contribution in [3.8, 4) is 0 Å². The van der Waals surface area contributed by atoms with Gasteiger partial charge in [0.1, 0.15) is 0 Å². The van der Waals surface area contributed by atoms with Crippen LogP contribution in [0.15, 0.2) is 0 Å². The molecule has 0 saturated carbocycles. The molecule has 0 heterocycles. The van der Waals surface area contributed by atoms with Crippen molar-refractivity contribution in [3.63, 3.8) is 0 Å². The maximum absolute atomic E-state index is 9.36. The Bertz CT molecular complexity index is 147. The smallest absolute Gasteiger partial charge is 0.313 e. The Morgan fingerprint density at radius 3 is 1.08 bits per heavy atom. The minimum Gasteiger partial charge on any atom is -0.481 e. The summed E-state index contributed by atoms with van der Waals surface area (Å²) >= 11 is 1.78. The predicted octanol–water partition coefficient (Wildman–Crippen LogP) is 0.688. The molecule has 0 aromatic rings. The van der Waals surface area contributed by atoms with E-state index in [1.807, 2.05) is 0 Å². The van der Waals surface area contributed by atoms with Crippen LogP contribution in [0.25, 0.3) is 0 Å². The fourth-order valence-electron chi connectivity index (χ4n) is 0. The van der Waals surface area contributed by atoms with Crippen molar-refractivity contribution in [1.29, 1.82) is 0 Å². The van der Waals surface area contributed by atoms with Crippen LogP contribution in [-0.2, 0) is 14.4 Å². The first-order chi connectivity index (χ1) is 5.73. The lowest BCUT2D eigenvalue weighted by Gasteiger charge is -1.70. The highest BCUT2D eigenvalue weighted by Gasteiger charge is 1.82. The van der Waals surface area contributed by atoms with Gasteiger partial charge in [-0.05, 0) is 0 Å². The minimum atomic E-state index is -0.833. The Morgan fingerprint density at radius 1 is 1.00 bits per heavy atom. The van der Waals surface area contributed by atoms with Crippen molar-refractivity contribution >= 4 is 40.5 Å². The van der Waals surface area contributed by atoms with Gasteiger partial charge in [-0.15, -0.1) is 0 Å². The van der Waals surface area contributed by atoms with E-state index < -0.39 is 17.9 Å². The molecule has 78 valence electrons. The molecule has 0 unspecified atom stereocenters. The van der Waals surface area contributed by atoms with E-state index in [4.69, 9.17) is 24.9 Å². The fourth-order valence-corrected chi connectivity index (χ4v) is 0. The maximum Gasteiger partial charge on any atom is 0.313 e. The highest BCUT2D eigenvalue weighted by molar-refractivity contribution is 14.1. The second kappa shape index (κ2) is 13.7. The molecule has 6 nitrogen and oxygen atoms in total. The topological polar surface area (TPSA) is 112 Å². The highest BCUT2D eigenvalue weighted by atomic mass is 127. The number of rotatable bonds is 1. The molecule has 0 radical (unpaired) electrons. The Morgan fingerprint density at radius 2 is 1.08 bits per heavy atom. The van der Waals surface area contributed by atoms with E-state index in [1.54, 1.807) is 22.6 Å². The van der Waals surface area contributed by atoms with Gasteiger partial charge in [-0.25, -0.2) is 0 Å². The lowest BCUT2D eigenvalue weighted by Crippen LogP contribution is -1.91. The normalized spacial score (nSPS) is 6.69. The van der Waals surface area contributed by atoms with Gasteiger partial charge in [-0.1, -0.05) is 22.6 Å². The molecule has 7 heteroatoms. The van der Waals surface area contributed by atoms with Crippen molar-refractivity contribution in [2.75, 3.05) is 4.43 Å². The molecule has 0 aliphatic rings. The van der Waals surface area contributed by atoms with E-state index in [-0.39, 0.29) is 4.43 Å². The average Bonchev–Trinajstić information content (AvgIpc) is 1.84. The van der Waals surface area contributed by atoms with Crippen molar-refractivity contribution in [2.45, 2.75) is 13.8 Å². The third-order valence-electron chi connectivity index (χ3n) is 0.114. The molecule has 13 heavy (non-hydrogen) atoms. The summed E-state index contributed by atoms with van der Waals surface area (Å²) in [4.78, 5) is 27.4. The zero-order valence-electron chi connectivity index (χ0n) is 7.15. The number of hydrogen-bond acceptors (Lipinski definition) is 3. The Labute approximate surface area is 88.7 Å². The number of carbonyl (C=O) groups is 3. The summed E-state index contributed by atoms with van der Waals surface area (Å²) in [5.74, 6) is -2.43. The SMILES string of the molecule is CC(=O)O.CC(=O)O.O=C(O)CI. The number of halogens is 1. The van der Waals surface area contributed by atoms with Crippen LogP contribution in [-0.4, -0.2) is 37.7 Å². The predicted molar refractivity (Wildman–Crippen MR) is 53.1 cm³/mol. The minimum absolute atomic E-state index is 0.192. The number of hydrogen-bond donors (Lipinski definition) is 3. The first-order valence-corrected chi connectivity index (χ1v) is 4.43.